The maximum Gasteiger partial charge on any atom is 0.340 e. The molecule has 2 aliphatic carbocycles. The Labute approximate surface area is 168 Å². The molecule has 0 bridgehead atoms. The van der Waals surface area contributed by atoms with Gasteiger partial charge >= 0.3 is 23.7 Å². The van der Waals surface area contributed by atoms with Gasteiger partial charge in [-0.05, 0) is 13.0 Å². The molecule has 0 aromatic heterocycles. The Kier molecular flexibility index (Phi) is 5.00. The topological polar surface area (TPSA) is 0 Å². The normalized spacial score (nSPS) is 23.9. The lowest BCUT2D eigenvalue weighted by molar-refractivity contribution is -0.174. The highest BCUT2D eigenvalue weighted by Crippen LogP contribution is 2.57. The molecule has 0 unspecified atom stereocenters. The molecule has 0 radical (unpaired) electrons. The Hall–Kier alpha value is -2.17. The third-order valence-electron chi connectivity index (χ3n) is 4.86. The molecular weight excluding hydrogens is 450 g/mol. The van der Waals surface area contributed by atoms with Crippen molar-refractivity contribution in [3.8, 4) is 0 Å². The zero-order chi connectivity index (χ0) is 22.9. The maximum atomic E-state index is 14.6. The summed E-state index contributed by atoms with van der Waals surface area (Å²) >= 11 is 3.53. The molecule has 0 atom stereocenters. The molecule has 0 spiro atoms. The molecular formula is C19H10F10S. The molecule has 1 aromatic carbocycles. The first-order valence-electron chi connectivity index (χ1n) is 8.10. The van der Waals surface area contributed by atoms with Gasteiger partial charge in [0.2, 0.25) is 0 Å². The van der Waals surface area contributed by atoms with Gasteiger partial charge in [-0.2, -0.15) is 35.1 Å². The highest BCUT2D eigenvalue weighted by Gasteiger charge is 2.69. The summed E-state index contributed by atoms with van der Waals surface area (Å²) in [5.74, 6) is -24.5. The smallest absolute Gasteiger partial charge is 0.203 e. The van der Waals surface area contributed by atoms with E-state index in [-0.39, 0.29) is 18.2 Å². The molecule has 162 valence electrons. The number of alkyl halides is 8. The minimum absolute atomic E-state index is 0.0724. The van der Waals surface area contributed by atoms with Gasteiger partial charge in [-0.25, -0.2) is 8.78 Å². The van der Waals surface area contributed by atoms with Gasteiger partial charge in [-0.3, -0.25) is 0 Å². The maximum absolute atomic E-state index is 14.6. The highest BCUT2D eigenvalue weighted by molar-refractivity contribution is 7.80. The van der Waals surface area contributed by atoms with Crippen LogP contribution in [0, 0.1) is 11.6 Å². The van der Waals surface area contributed by atoms with Gasteiger partial charge in [0.15, 0.2) is 11.6 Å². The van der Waals surface area contributed by atoms with Gasteiger partial charge in [0.1, 0.15) is 0 Å². The van der Waals surface area contributed by atoms with Crippen LogP contribution in [0.3, 0.4) is 0 Å². The van der Waals surface area contributed by atoms with Crippen LogP contribution in [0.1, 0.15) is 12.5 Å². The lowest BCUT2D eigenvalue weighted by Gasteiger charge is -2.38. The molecule has 3 rings (SSSR count). The number of hydrogen-bond donors (Lipinski definition) is 1. The van der Waals surface area contributed by atoms with Crippen LogP contribution in [0.2, 0.25) is 0 Å². The Bertz CT molecular complexity index is 1040. The van der Waals surface area contributed by atoms with E-state index in [1.165, 1.54) is 0 Å². The van der Waals surface area contributed by atoms with Gasteiger partial charge in [0.05, 0.1) is 0 Å². The standard InChI is InChI=1S/C19H10F10S/c1-8-2-4-11(18(26,27)16(8,22)23)12-6-5-10(17(24,25)19(12,28)29)9-3-7-13(30)15(21)14(9)20/h2-7,30H,1H3. The van der Waals surface area contributed by atoms with Gasteiger partial charge < -0.3 is 0 Å². The van der Waals surface area contributed by atoms with Crippen molar-refractivity contribution in [3.63, 3.8) is 0 Å². The molecule has 0 amide bonds. The van der Waals surface area contributed by atoms with Crippen molar-refractivity contribution < 1.29 is 43.9 Å². The summed E-state index contributed by atoms with van der Waals surface area (Å²) in [5.41, 5.74) is -8.18. The second-order valence-electron chi connectivity index (χ2n) is 6.65. The van der Waals surface area contributed by atoms with Crippen molar-refractivity contribution in [1.29, 1.82) is 0 Å². The van der Waals surface area contributed by atoms with Gasteiger partial charge in [-0.15, -0.1) is 12.6 Å². The van der Waals surface area contributed by atoms with Crippen LogP contribution in [-0.2, 0) is 0 Å². The van der Waals surface area contributed by atoms with Crippen molar-refractivity contribution in [2.24, 2.45) is 0 Å². The summed E-state index contributed by atoms with van der Waals surface area (Å²) in [6.07, 6.45) is 0.866. The van der Waals surface area contributed by atoms with E-state index in [4.69, 9.17) is 0 Å². The van der Waals surface area contributed by atoms with E-state index >= 15 is 0 Å². The molecule has 0 fully saturated rings. The van der Waals surface area contributed by atoms with Crippen molar-refractivity contribution in [1.82, 2.24) is 0 Å². The first-order chi connectivity index (χ1) is 13.6. The van der Waals surface area contributed by atoms with Crippen LogP contribution in [0.4, 0.5) is 43.9 Å². The van der Waals surface area contributed by atoms with Crippen molar-refractivity contribution >= 4 is 18.2 Å². The van der Waals surface area contributed by atoms with E-state index in [0.29, 0.717) is 19.1 Å². The largest absolute Gasteiger partial charge is 0.340 e. The molecule has 11 heteroatoms. The number of thiol groups is 1. The summed E-state index contributed by atoms with van der Waals surface area (Å²) in [6.45, 7) is 0.629. The van der Waals surface area contributed by atoms with E-state index in [1.54, 1.807) is 0 Å². The zero-order valence-electron chi connectivity index (χ0n) is 14.7. The first kappa shape index (κ1) is 22.5. The number of halogens is 10. The lowest BCUT2D eigenvalue weighted by atomic mass is 9.78. The second kappa shape index (κ2) is 6.66. The number of hydrogen-bond acceptors (Lipinski definition) is 1. The van der Waals surface area contributed by atoms with Crippen LogP contribution >= 0.6 is 12.6 Å². The molecule has 30 heavy (non-hydrogen) atoms. The summed E-state index contributed by atoms with van der Waals surface area (Å²) < 4.78 is 142. The average Bonchev–Trinajstić information content (AvgIpc) is 2.63. The Balaban J connectivity index is 2.24. The summed E-state index contributed by atoms with van der Waals surface area (Å²) in [5, 5.41) is 0. The predicted octanol–water partition coefficient (Wildman–Crippen LogP) is 7.00. The first-order valence-corrected chi connectivity index (χ1v) is 8.54. The summed E-state index contributed by atoms with van der Waals surface area (Å²) in [6, 6.07) is 1.29. The third kappa shape index (κ3) is 2.84. The van der Waals surface area contributed by atoms with E-state index in [0.717, 1.165) is 6.07 Å². The minimum atomic E-state index is -5.44. The van der Waals surface area contributed by atoms with Crippen LogP contribution in [0.15, 0.2) is 58.1 Å². The number of benzene rings is 1. The SMILES string of the molecule is CC1=CC=C(C2=CC=C(c3ccc(S)c(F)c3F)C(F)(F)C2(F)F)C(F)(F)C1(F)F. The van der Waals surface area contributed by atoms with E-state index < -0.39 is 68.1 Å². The van der Waals surface area contributed by atoms with Gasteiger partial charge in [0, 0.05) is 32.8 Å². The quantitative estimate of drug-likeness (QED) is 0.357. The number of rotatable bonds is 2. The minimum Gasteiger partial charge on any atom is -0.203 e. The van der Waals surface area contributed by atoms with Crippen LogP contribution in [-0.4, -0.2) is 23.7 Å². The van der Waals surface area contributed by atoms with Crippen LogP contribution in [0.5, 0.6) is 0 Å². The van der Waals surface area contributed by atoms with Crippen LogP contribution in [0.25, 0.3) is 5.57 Å². The van der Waals surface area contributed by atoms with E-state index in [2.05, 4.69) is 12.6 Å². The fraction of sp³-hybridized carbons (Fsp3) is 0.263. The van der Waals surface area contributed by atoms with Gasteiger partial charge in [0.25, 0.3) is 0 Å². The monoisotopic (exact) mass is 460 g/mol. The highest BCUT2D eigenvalue weighted by atomic mass is 32.1. The zero-order valence-corrected chi connectivity index (χ0v) is 15.6. The summed E-state index contributed by atoms with van der Waals surface area (Å²) in [7, 11) is 0. The average molecular weight is 460 g/mol. The molecule has 0 saturated carbocycles. The predicted molar refractivity (Wildman–Crippen MR) is 91.3 cm³/mol. The third-order valence-corrected chi connectivity index (χ3v) is 5.20. The van der Waals surface area contributed by atoms with E-state index in [1.807, 2.05) is 0 Å². The molecule has 0 N–H and O–H groups in total. The fourth-order valence-corrected chi connectivity index (χ4v) is 3.25. The Morgan fingerprint density at radius 1 is 0.600 bits per heavy atom. The Morgan fingerprint density at radius 2 is 1.03 bits per heavy atom. The molecule has 0 heterocycles. The fourth-order valence-electron chi connectivity index (χ4n) is 3.07. The van der Waals surface area contributed by atoms with Crippen molar-refractivity contribution in [2.75, 3.05) is 0 Å². The van der Waals surface area contributed by atoms with Crippen molar-refractivity contribution in [2.45, 2.75) is 35.5 Å². The van der Waals surface area contributed by atoms with Gasteiger partial charge in [-0.1, -0.05) is 30.4 Å². The molecule has 0 aliphatic heterocycles. The second-order valence-corrected chi connectivity index (χ2v) is 7.13. The number of allylic oxidation sites excluding steroid dienone is 8. The molecule has 0 nitrogen and oxygen atoms in total. The molecule has 2 aliphatic rings. The van der Waals surface area contributed by atoms with E-state index in [9.17, 15) is 43.9 Å². The van der Waals surface area contributed by atoms with Crippen LogP contribution < -0.4 is 0 Å². The Morgan fingerprint density at radius 3 is 1.60 bits per heavy atom. The van der Waals surface area contributed by atoms with Crippen molar-refractivity contribution in [3.05, 3.63) is 70.4 Å². The molecule has 0 saturated heterocycles. The summed E-state index contributed by atoms with van der Waals surface area (Å²) in [4.78, 5) is -0.588. The molecule has 1 aromatic rings. The lowest BCUT2D eigenvalue weighted by Crippen LogP contribution is -2.51.